The second kappa shape index (κ2) is 5.04. The van der Waals surface area contributed by atoms with E-state index in [0.29, 0.717) is 0 Å². The summed E-state index contributed by atoms with van der Waals surface area (Å²) in [7, 11) is 0. The zero-order valence-electron chi connectivity index (χ0n) is 10.2. The van der Waals surface area contributed by atoms with E-state index in [9.17, 15) is 23.1 Å². The van der Waals surface area contributed by atoms with Gasteiger partial charge >= 0.3 is 6.18 Å². The van der Waals surface area contributed by atoms with E-state index >= 15 is 0 Å². The molecule has 2 aromatic rings. The predicted octanol–water partition coefficient (Wildman–Crippen LogP) is 1.39. The molecule has 0 bridgehead atoms. The van der Waals surface area contributed by atoms with Gasteiger partial charge in [0.05, 0.1) is 16.8 Å². The number of nitrogens with zero attached hydrogens (tertiary/aromatic N) is 1. The Morgan fingerprint density at radius 1 is 1.30 bits per heavy atom. The second-order valence-electron chi connectivity index (χ2n) is 4.13. The summed E-state index contributed by atoms with van der Waals surface area (Å²) in [6.45, 7) is 0.0988. The van der Waals surface area contributed by atoms with E-state index in [1.165, 1.54) is 12.1 Å². The van der Waals surface area contributed by atoms with E-state index in [2.05, 4.69) is 5.10 Å². The van der Waals surface area contributed by atoms with Crippen LogP contribution in [-0.2, 0) is 12.6 Å². The largest absolute Gasteiger partial charge is 0.493 e. The first kappa shape index (κ1) is 14.2. The molecule has 1 aromatic heterocycles. The van der Waals surface area contributed by atoms with Crippen molar-refractivity contribution in [3.8, 4) is 11.6 Å². The molecule has 4 N–H and O–H groups in total. The maximum Gasteiger partial charge on any atom is 0.418 e. The van der Waals surface area contributed by atoms with Gasteiger partial charge in [-0.25, -0.2) is 4.68 Å². The molecular formula is C12H12F3N3O2. The van der Waals surface area contributed by atoms with Crippen LogP contribution < -0.4 is 11.3 Å². The quantitative estimate of drug-likeness (QED) is 0.797. The second-order valence-corrected chi connectivity index (χ2v) is 4.13. The van der Waals surface area contributed by atoms with E-state index in [1.807, 2.05) is 0 Å². The molecule has 1 aromatic carbocycles. The Kier molecular flexibility index (Phi) is 3.58. The molecule has 20 heavy (non-hydrogen) atoms. The molecule has 0 atom stereocenters. The summed E-state index contributed by atoms with van der Waals surface area (Å²) in [5.74, 6) is -0.558. The van der Waals surface area contributed by atoms with Crippen LogP contribution in [0.15, 0.2) is 29.1 Å². The molecule has 0 spiro atoms. The van der Waals surface area contributed by atoms with E-state index in [0.717, 1.165) is 16.8 Å². The standard InChI is InChI=1S/C12H12F3N3O2/c13-12(14,15)8-3-1-2-4-9(8)18-11(20)7(5-6-16)10(19)17-18/h1-4,20H,5-6,16H2,(H,17,19). The fraction of sp³-hybridized carbons (Fsp3) is 0.250. The molecular weight excluding hydrogens is 275 g/mol. The lowest BCUT2D eigenvalue weighted by Gasteiger charge is -2.13. The Morgan fingerprint density at radius 2 is 1.95 bits per heavy atom. The zero-order valence-corrected chi connectivity index (χ0v) is 10.2. The van der Waals surface area contributed by atoms with Gasteiger partial charge in [0.25, 0.3) is 5.56 Å². The number of nitrogens with one attached hydrogen (secondary N) is 1. The molecule has 0 radical (unpaired) electrons. The molecule has 1 heterocycles. The van der Waals surface area contributed by atoms with Gasteiger partial charge in [-0.3, -0.25) is 9.89 Å². The number of aromatic hydroxyl groups is 1. The van der Waals surface area contributed by atoms with E-state index in [4.69, 9.17) is 5.73 Å². The van der Waals surface area contributed by atoms with E-state index in [1.54, 1.807) is 0 Å². The molecule has 0 unspecified atom stereocenters. The van der Waals surface area contributed by atoms with E-state index < -0.39 is 23.2 Å². The smallest absolute Gasteiger partial charge is 0.418 e. The van der Waals surface area contributed by atoms with Crippen LogP contribution in [0.1, 0.15) is 11.1 Å². The Hall–Kier alpha value is -2.22. The summed E-state index contributed by atoms with van der Waals surface area (Å²) in [5, 5.41) is 12.1. The minimum Gasteiger partial charge on any atom is -0.493 e. The van der Waals surface area contributed by atoms with Gasteiger partial charge in [-0.15, -0.1) is 0 Å². The first-order valence-electron chi connectivity index (χ1n) is 5.75. The number of hydrogen-bond acceptors (Lipinski definition) is 3. The monoisotopic (exact) mass is 287 g/mol. The fourth-order valence-corrected chi connectivity index (χ4v) is 1.91. The SMILES string of the molecule is NCCc1c(O)n(-c2ccccc2C(F)(F)F)[nH]c1=O. The van der Waals surface area contributed by atoms with Crippen molar-refractivity contribution in [1.29, 1.82) is 0 Å². The highest BCUT2D eigenvalue weighted by molar-refractivity contribution is 5.45. The van der Waals surface area contributed by atoms with Crippen molar-refractivity contribution < 1.29 is 18.3 Å². The number of aromatic nitrogens is 2. The molecule has 5 nitrogen and oxygen atoms in total. The fourth-order valence-electron chi connectivity index (χ4n) is 1.91. The lowest BCUT2D eigenvalue weighted by molar-refractivity contribution is -0.137. The summed E-state index contributed by atoms with van der Waals surface area (Å²) in [5.41, 5.74) is 3.29. The number of para-hydroxylation sites is 1. The van der Waals surface area contributed by atoms with Crippen molar-refractivity contribution in [2.45, 2.75) is 12.6 Å². The highest BCUT2D eigenvalue weighted by Crippen LogP contribution is 2.34. The lowest BCUT2D eigenvalue weighted by Crippen LogP contribution is -2.13. The van der Waals surface area contributed by atoms with Gasteiger partial charge < -0.3 is 10.8 Å². The number of alkyl halides is 3. The van der Waals surface area contributed by atoms with Gasteiger partial charge in [-0.05, 0) is 25.1 Å². The summed E-state index contributed by atoms with van der Waals surface area (Å²) in [6, 6.07) is 4.64. The average Bonchev–Trinajstić information content (AvgIpc) is 2.66. The van der Waals surface area contributed by atoms with Crippen LogP contribution in [-0.4, -0.2) is 21.4 Å². The number of rotatable bonds is 3. The minimum absolute atomic E-state index is 0.0375. The number of aromatic amines is 1. The van der Waals surface area contributed by atoms with Gasteiger partial charge in [-0.1, -0.05) is 12.1 Å². The van der Waals surface area contributed by atoms with Gasteiger partial charge in [-0.2, -0.15) is 13.2 Å². The highest BCUT2D eigenvalue weighted by atomic mass is 19.4. The molecule has 8 heteroatoms. The number of halogens is 3. The van der Waals surface area contributed by atoms with Crippen molar-refractivity contribution >= 4 is 0 Å². The molecule has 108 valence electrons. The van der Waals surface area contributed by atoms with Crippen LogP contribution >= 0.6 is 0 Å². The van der Waals surface area contributed by atoms with E-state index in [-0.39, 0.29) is 24.2 Å². The molecule has 0 aliphatic rings. The summed E-state index contributed by atoms with van der Waals surface area (Å²) >= 11 is 0. The number of H-pyrrole nitrogens is 1. The van der Waals surface area contributed by atoms with Crippen LogP contribution in [0.5, 0.6) is 5.88 Å². The Bertz CT molecular complexity index is 673. The number of benzene rings is 1. The highest BCUT2D eigenvalue weighted by Gasteiger charge is 2.34. The van der Waals surface area contributed by atoms with Crippen LogP contribution in [0, 0.1) is 0 Å². The third-order valence-corrected chi connectivity index (χ3v) is 2.81. The summed E-state index contributed by atoms with van der Waals surface area (Å²) in [6.07, 6.45) is -4.53. The van der Waals surface area contributed by atoms with Gasteiger partial charge in [0, 0.05) is 0 Å². The normalized spacial score (nSPS) is 11.8. The molecule has 2 rings (SSSR count). The molecule has 0 aliphatic heterocycles. The van der Waals surface area contributed by atoms with Crippen molar-refractivity contribution in [3.05, 3.63) is 45.7 Å². The molecule has 0 amide bonds. The molecule has 0 saturated heterocycles. The van der Waals surface area contributed by atoms with Crippen molar-refractivity contribution in [3.63, 3.8) is 0 Å². The number of nitrogens with two attached hydrogens (primary N) is 1. The third kappa shape index (κ3) is 2.42. The average molecular weight is 287 g/mol. The minimum atomic E-state index is -4.60. The van der Waals surface area contributed by atoms with Crippen LogP contribution in [0.25, 0.3) is 5.69 Å². The number of hydrogen-bond donors (Lipinski definition) is 3. The maximum atomic E-state index is 12.9. The topological polar surface area (TPSA) is 84.0 Å². The maximum absolute atomic E-state index is 12.9. The first-order valence-corrected chi connectivity index (χ1v) is 5.75. The van der Waals surface area contributed by atoms with Crippen molar-refractivity contribution in [2.24, 2.45) is 5.73 Å². The van der Waals surface area contributed by atoms with Crippen LogP contribution in [0.3, 0.4) is 0 Å². The molecule has 0 saturated carbocycles. The predicted molar refractivity (Wildman–Crippen MR) is 65.8 cm³/mol. The van der Waals surface area contributed by atoms with Crippen molar-refractivity contribution in [1.82, 2.24) is 9.78 Å². The Balaban J connectivity index is 2.65. The summed E-state index contributed by atoms with van der Waals surface area (Å²) < 4.78 is 39.5. The zero-order chi connectivity index (χ0) is 14.9. The molecule has 0 fully saturated rings. The lowest BCUT2D eigenvalue weighted by atomic mass is 10.1. The Labute approximate surface area is 111 Å². The first-order chi connectivity index (χ1) is 9.36. The summed E-state index contributed by atoms with van der Waals surface area (Å²) in [4.78, 5) is 11.6. The third-order valence-electron chi connectivity index (χ3n) is 2.81. The van der Waals surface area contributed by atoms with Crippen LogP contribution in [0.2, 0.25) is 0 Å². The van der Waals surface area contributed by atoms with Crippen LogP contribution in [0.4, 0.5) is 13.2 Å². The van der Waals surface area contributed by atoms with Gasteiger partial charge in [0.15, 0.2) is 0 Å². The van der Waals surface area contributed by atoms with Gasteiger partial charge in [0.1, 0.15) is 0 Å². The van der Waals surface area contributed by atoms with Crippen molar-refractivity contribution in [2.75, 3.05) is 6.54 Å². The molecule has 0 aliphatic carbocycles. The Morgan fingerprint density at radius 3 is 2.55 bits per heavy atom. The van der Waals surface area contributed by atoms with Gasteiger partial charge in [0.2, 0.25) is 5.88 Å².